The first-order valence-corrected chi connectivity index (χ1v) is 7.92. The predicted molar refractivity (Wildman–Crippen MR) is 78.6 cm³/mol. The number of carbonyl (C=O) groups is 1. The molecule has 1 aliphatic heterocycles. The lowest BCUT2D eigenvalue weighted by atomic mass is 10.1. The van der Waals surface area contributed by atoms with E-state index in [4.69, 9.17) is 4.42 Å². The average molecular weight is 354 g/mol. The molecule has 0 radical (unpaired) electrons. The largest absolute Gasteiger partial charge is 0.441 e. The first-order valence-electron chi connectivity index (χ1n) is 7.92. The van der Waals surface area contributed by atoms with E-state index in [2.05, 4.69) is 4.98 Å². The Labute approximate surface area is 140 Å². The molecule has 4 rings (SSSR count). The molecule has 1 amide bonds. The zero-order valence-electron chi connectivity index (χ0n) is 13.1. The number of carbonyl (C=O) groups excluding carboxylic acids is 1. The highest BCUT2D eigenvalue weighted by Crippen LogP contribution is 2.50. The Morgan fingerprint density at radius 2 is 1.96 bits per heavy atom. The lowest BCUT2D eigenvalue weighted by Crippen LogP contribution is -2.36. The van der Waals surface area contributed by atoms with Crippen LogP contribution in [0.3, 0.4) is 0 Å². The highest BCUT2D eigenvalue weighted by Gasteiger charge is 2.57. The van der Waals surface area contributed by atoms with Crippen molar-refractivity contribution < 1.29 is 26.8 Å². The van der Waals surface area contributed by atoms with Crippen LogP contribution >= 0.6 is 0 Å². The van der Waals surface area contributed by atoms with Crippen molar-refractivity contribution in [3.63, 3.8) is 0 Å². The minimum atomic E-state index is -2.72. The quantitative estimate of drug-likeness (QED) is 0.792. The molecule has 0 spiro atoms. The molecule has 8 heteroatoms. The van der Waals surface area contributed by atoms with Crippen molar-refractivity contribution >= 4 is 5.91 Å². The summed E-state index contributed by atoms with van der Waals surface area (Å²) in [6.45, 7) is 0.490. The molecule has 0 saturated heterocycles. The summed E-state index contributed by atoms with van der Waals surface area (Å²) in [5, 5.41) is 0. The van der Waals surface area contributed by atoms with Gasteiger partial charge in [0.05, 0.1) is 6.54 Å². The number of oxazole rings is 1. The number of nitrogens with zero attached hydrogens (tertiary/aromatic N) is 2. The van der Waals surface area contributed by atoms with Crippen LogP contribution in [0.15, 0.2) is 22.6 Å². The van der Waals surface area contributed by atoms with Gasteiger partial charge in [0.15, 0.2) is 0 Å². The SMILES string of the molecule is O=C(CC1CC1(F)F)N1CCc2oc(-c3cc(F)cc(F)c3)nc2C1. The Kier molecular flexibility index (Phi) is 3.59. The Hall–Kier alpha value is -2.38. The second-order valence-electron chi connectivity index (χ2n) is 6.48. The number of amides is 1. The van der Waals surface area contributed by atoms with Gasteiger partial charge < -0.3 is 9.32 Å². The zero-order valence-corrected chi connectivity index (χ0v) is 13.1. The van der Waals surface area contributed by atoms with Gasteiger partial charge in [0.1, 0.15) is 23.1 Å². The summed E-state index contributed by atoms with van der Waals surface area (Å²) in [5.74, 6) is -4.80. The van der Waals surface area contributed by atoms with Gasteiger partial charge in [-0.2, -0.15) is 0 Å². The molecule has 25 heavy (non-hydrogen) atoms. The average Bonchev–Trinajstić information content (AvgIpc) is 2.95. The summed E-state index contributed by atoms with van der Waals surface area (Å²) in [6, 6.07) is 2.97. The molecule has 4 nitrogen and oxygen atoms in total. The topological polar surface area (TPSA) is 46.3 Å². The Morgan fingerprint density at radius 1 is 1.28 bits per heavy atom. The number of aromatic nitrogens is 1. The summed E-state index contributed by atoms with van der Waals surface area (Å²) in [5.41, 5.74) is 0.657. The number of rotatable bonds is 3. The van der Waals surface area contributed by atoms with Gasteiger partial charge >= 0.3 is 0 Å². The number of alkyl halides is 2. The van der Waals surface area contributed by atoms with Gasteiger partial charge in [-0.1, -0.05) is 0 Å². The van der Waals surface area contributed by atoms with Crippen molar-refractivity contribution in [2.24, 2.45) is 5.92 Å². The van der Waals surface area contributed by atoms with Crippen LogP contribution in [0.25, 0.3) is 11.5 Å². The number of hydrogen-bond acceptors (Lipinski definition) is 3. The molecule has 0 N–H and O–H groups in total. The maximum absolute atomic E-state index is 13.3. The van der Waals surface area contributed by atoms with Gasteiger partial charge in [0.25, 0.3) is 5.92 Å². The van der Waals surface area contributed by atoms with E-state index < -0.39 is 23.5 Å². The van der Waals surface area contributed by atoms with Crippen LogP contribution in [-0.2, 0) is 17.8 Å². The van der Waals surface area contributed by atoms with E-state index in [0.717, 1.165) is 18.2 Å². The molecule has 1 unspecified atom stereocenters. The number of fused-ring (bicyclic) bond motifs is 1. The van der Waals surface area contributed by atoms with Gasteiger partial charge in [0, 0.05) is 43.4 Å². The van der Waals surface area contributed by atoms with Gasteiger partial charge in [-0.15, -0.1) is 0 Å². The summed E-state index contributed by atoms with van der Waals surface area (Å²) in [6.07, 6.45) is -0.0356. The standard InChI is InChI=1S/C17H14F4N2O2/c18-11-3-9(4-12(19)6-11)16-22-13-8-23(2-1-14(13)25-16)15(24)5-10-7-17(10,20)21/h3-4,6,10H,1-2,5,7-8H2. The molecular formula is C17H14F4N2O2. The maximum atomic E-state index is 13.3. The number of halogens is 4. The third-order valence-corrected chi connectivity index (χ3v) is 4.57. The van der Waals surface area contributed by atoms with Crippen LogP contribution in [0.5, 0.6) is 0 Å². The van der Waals surface area contributed by atoms with Gasteiger partial charge in [-0.3, -0.25) is 4.79 Å². The molecular weight excluding hydrogens is 340 g/mol. The smallest absolute Gasteiger partial charge is 0.252 e. The monoisotopic (exact) mass is 354 g/mol. The first-order chi connectivity index (χ1) is 11.8. The molecule has 1 aliphatic carbocycles. The molecule has 1 atom stereocenters. The molecule has 2 aliphatic rings. The van der Waals surface area contributed by atoms with Gasteiger partial charge in [0.2, 0.25) is 11.8 Å². The van der Waals surface area contributed by atoms with Crippen LogP contribution in [0.4, 0.5) is 17.6 Å². The van der Waals surface area contributed by atoms with Crippen molar-refractivity contribution in [1.29, 1.82) is 0 Å². The summed E-state index contributed by atoms with van der Waals surface area (Å²) < 4.78 is 58.1. The fourth-order valence-corrected chi connectivity index (χ4v) is 3.04. The van der Waals surface area contributed by atoms with E-state index in [9.17, 15) is 22.4 Å². The van der Waals surface area contributed by atoms with Crippen LogP contribution < -0.4 is 0 Å². The fraction of sp³-hybridized carbons (Fsp3) is 0.412. The molecule has 2 aromatic rings. The molecule has 1 aromatic carbocycles. The minimum absolute atomic E-state index is 0.0754. The summed E-state index contributed by atoms with van der Waals surface area (Å²) in [7, 11) is 0. The zero-order chi connectivity index (χ0) is 17.8. The minimum Gasteiger partial charge on any atom is -0.441 e. The second kappa shape index (κ2) is 5.57. The normalized spacial score (nSPS) is 21.1. The van der Waals surface area contributed by atoms with E-state index in [-0.39, 0.29) is 36.7 Å². The highest BCUT2D eigenvalue weighted by molar-refractivity contribution is 5.77. The van der Waals surface area contributed by atoms with Crippen LogP contribution in [0.2, 0.25) is 0 Å². The maximum Gasteiger partial charge on any atom is 0.252 e. The van der Waals surface area contributed by atoms with Gasteiger partial charge in [-0.25, -0.2) is 22.5 Å². The van der Waals surface area contributed by atoms with Gasteiger partial charge in [-0.05, 0) is 12.1 Å². The predicted octanol–water partition coefficient (Wildman–Crippen LogP) is 3.55. The lowest BCUT2D eigenvalue weighted by Gasteiger charge is -2.25. The van der Waals surface area contributed by atoms with E-state index in [1.165, 1.54) is 4.90 Å². The first kappa shape index (κ1) is 16.1. The second-order valence-corrected chi connectivity index (χ2v) is 6.48. The fourth-order valence-electron chi connectivity index (χ4n) is 3.04. The van der Waals surface area contributed by atoms with Crippen LogP contribution in [0.1, 0.15) is 24.3 Å². The molecule has 1 aromatic heterocycles. The Bertz CT molecular complexity index is 829. The van der Waals surface area contributed by atoms with E-state index in [1.54, 1.807) is 0 Å². The third kappa shape index (κ3) is 3.12. The molecule has 132 valence electrons. The molecule has 0 bridgehead atoms. The Balaban J connectivity index is 1.50. The Morgan fingerprint density at radius 3 is 2.60 bits per heavy atom. The number of hydrogen-bond donors (Lipinski definition) is 0. The molecule has 1 saturated carbocycles. The van der Waals surface area contributed by atoms with E-state index in [0.29, 0.717) is 24.4 Å². The lowest BCUT2D eigenvalue weighted by molar-refractivity contribution is -0.133. The van der Waals surface area contributed by atoms with Crippen molar-refractivity contribution in [2.45, 2.75) is 31.7 Å². The van der Waals surface area contributed by atoms with Crippen LogP contribution in [0, 0.1) is 17.6 Å². The summed E-state index contributed by atoms with van der Waals surface area (Å²) in [4.78, 5) is 17.8. The van der Waals surface area contributed by atoms with Crippen molar-refractivity contribution in [1.82, 2.24) is 9.88 Å². The van der Waals surface area contributed by atoms with Crippen molar-refractivity contribution in [2.75, 3.05) is 6.54 Å². The highest BCUT2D eigenvalue weighted by atomic mass is 19.3. The molecule has 1 fully saturated rings. The van der Waals surface area contributed by atoms with Crippen LogP contribution in [-0.4, -0.2) is 28.3 Å². The number of benzene rings is 1. The third-order valence-electron chi connectivity index (χ3n) is 4.57. The molecule has 2 heterocycles. The van der Waals surface area contributed by atoms with E-state index >= 15 is 0 Å². The van der Waals surface area contributed by atoms with Crippen molar-refractivity contribution in [3.05, 3.63) is 41.3 Å². The van der Waals surface area contributed by atoms with Crippen molar-refractivity contribution in [3.8, 4) is 11.5 Å². The van der Waals surface area contributed by atoms with E-state index in [1.807, 2.05) is 0 Å². The summed E-state index contributed by atoms with van der Waals surface area (Å²) >= 11 is 0.